The first-order chi connectivity index (χ1) is 7.29. The van der Waals surface area contributed by atoms with Crippen LogP contribution in [0.3, 0.4) is 0 Å². The van der Waals surface area contributed by atoms with Crippen molar-refractivity contribution in [2.75, 3.05) is 5.73 Å². The van der Waals surface area contributed by atoms with Gasteiger partial charge in [-0.05, 0) is 12.1 Å². The zero-order valence-electron chi connectivity index (χ0n) is 7.54. The second-order valence-electron chi connectivity index (χ2n) is 2.63. The van der Waals surface area contributed by atoms with Crippen LogP contribution in [0.5, 0.6) is 0 Å². The molecule has 0 radical (unpaired) electrons. The Hall–Kier alpha value is -2.13. The molecule has 0 atom stereocenters. The summed E-state index contributed by atoms with van der Waals surface area (Å²) in [6.45, 7) is 0. The molecule has 5 nitrogen and oxygen atoms in total. The molecule has 2 aromatic rings. The molecular weight excluding hydrogens is 212 g/mol. The van der Waals surface area contributed by atoms with Gasteiger partial charge < -0.3 is 10.2 Å². The molecular formula is C9H6N4OS. The summed E-state index contributed by atoms with van der Waals surface area (Å²) in [6, 6.07) is 5.52. The van der Waals surface area contributed by atoms with Crippen LogP contribution in [0, 0.1) is 11.3 Å². The summed E-state index contributed by atoms with van der Waals surface area (Å²) in [5.41, 5.74) is 5.82. The van der Waals surface area contributed by atoms with Crippen molar-refractivity contribution in [3.63, 3.8) is 0 Å². The SMILES string of the molecule is N#CC(=Cc1ccco1)c1nnc(N)s1. The van der Waals surface area contributed by atoms with Crippen LogP contribution in [0.15, 0.2) is 22.8 Å². The maximum Gasteiger partial charge on any atom is 0.203 e. The van der Waals surface area contributed by atoms with E-state index in [1.54, 1.807) is 18.2 Å². The van der Waals surface area contributed by atoms with Crippen molar-refractivity contribution in [1.82, 2.24) is 10.2 Å². The van der Waals surface area contributed by atoms with E-state index in [1.807, 2.05) is 6.07 Å². The normalized spacial score (nSPS) is 11.3. The first-order valence-corrected chi connectivity index (χ1v) is 4.86. The lowest BCUT2D eigenvalue weighted by atomic mass is 10.2. The molecule has 0 spiro atoms. The Morgan fingerprint density at radius 3 is 3.00 bits per heavy atom. The third-order valence-corrected chi connectivity index (χ3v) is 2.41. The van der Waals surface area contributed by atoms with Gasteiger partial charge in [-0.25, -0.2) is 0 Å². The predicted molar refractivity (Wildman–Crippen MR) is 56.5 cm³/mol. The number of allylic oxidation sites excluding steroid dienone is 1. The van der Waals surface area contributed by atoms with Gasteiger partial charge in [-0.2, -0.15) is 5.26 Å². The van der Waals surface area contributed by atoms with Gasteiger partial charge in [-0.1, -0.05) is 11.3 Å². The average Bonchev–Trinajstić information content (AvgIpc) is 2.85. The first-order valence-electron chi connectivity index (χ1n) is 4.04. The summed E-state index contributed by atoms with van der Waals surface area (Å²) in [4.78, 5) is 0. The third-order valence-electron chi connectivity index (χ3n) is 1.62. The fourth-order valence-corrected chi connectivity index (χ4v) is 1.58. The minimum atomic E-state index is 0.339. The minimum Gasteiger partial charge on any atom is -0.465 e. The number of hydrogen-bond acceptors (Lipinski definition) is 6. The maximum absolute atomic E-state index is 8.93. The highest BCUT2D eigenvalue weighted by atomic mass is 32.1. The molecule has 6 heteroatoms. The summed E-state index contributed by atoms with van der Waals surface area (Å²) in [5, 5.41) is 17.2. The molecule has 0 unspecified atom stereocenters. The number of furan rings is 1. The summed E-state index contributed by atoms with van der Waals surface area (Å²) < 4.78 is 5.09. The Kier molecular flexibility index (Phi) is 2.48. The van der Waals surface area contributed by atoms with E-state index in [0.29, 0.717) is 21.5 Å². The molecule has 0 bridgehead atoms. The molecule has 0 aliphatic heterocycles. The van der Waals surface area contributed by atoms with Crippen molar-refractivity contribution in [3.8, 4) is 6.07 Å². The predicted octanol–water partition coefficient (Wildman–Crippen LogP) is 1.78. The van der Waals surface area contributed by atoms with Crippen molar-refractivity contribution < 1.29 is 4.42 Å². The van der Waals surface area contributed by atoms with Crippen LogP contribution in [0.2, 0.25) is 0 Å². The van der Waals surface area contributed by atoms with E-state index >= 15 is 0 Å². The molecule has 0 saturated heterocycles. The maximum atomic E-state index is 8.93. The van der Waals surface area contributed by atoms with Crippen molar-refractivity contribution >= 4 is 28.1 Å². The largest absolute Gasteiger partial charge is 0.465 e. The van der Waals surface area contributed by atoms with Gasteiger partial charge in [0.15, 0.2) is 5.01 Å². The molecule has 0 fully saturated rings. The molecule has 2 aromatic heterocycles. The van der Waals surface area contributed by atoms with Crippen LogP contribution in [-0.4, -0.2) is 10.2 Å². The highest BCUT2D eigenvalue weighted by molar-refractivity contribution is 7.16. The van der Waals surface area contributed by atoms with Gasteiger partial charge in [-0.15, -0.1) is 10.2 Å². The lowest BCUT2D eigenvalue weighted by Crippen LogP contribution is -1.81. The molecule has 2 rings (SSSR count). The Bertz CT molecular complexity index is 521. The van der Waals surface area contributed by atoms with Crippen LogP contribution in [0.4, 0.5) is 5.13 Å². The zero-order valence-corrected chi connectivity index (χ0v) is 8.36. The molecule has 0 aliphatic carbocycles. The highest BCUT2D eigenvalue weighted by Gasteiger charge is 2.07. The number of nitrogen functional groups attached to an aromatic ring is 1. The number of nitrogens with two attached hydrogens (primary N) is 1. The first kappa shape index (κ1) is 9.43. The lowest BCUT2D eigenvalue weighted by Gasteiger charge is -1.88. The molecule has 0 aliphatic rings. The van der Waals surface area contributed by atoms with E-state index in [1.165, 1.54) is 17.6 Å². The fraction of sp³-hybridized carbons (Fsp3) is 0. The van der Waals surface area contributed by atoms with Crippen molar-refractivity contribution in [2.24, 2.45) is 0 Å². The highest BCUT2D eigenvalue weighted by Crippen LogP contribution is 2.22. The van der Waals surface area contributed by atoms with E-state index in [4.69, 9.17) is 15.4 Å². The monoisotopic (exact) mass is 218 g/mol. The number of anilines is 1. The van der Waals surface area contributed by atoms with Crippen molar-refractivity contribution in [2.45, 2.75) is 0 Å². The van der Waals surface area contributed by atoms with Crippen molar-refractivity contribution in [3.05, 3.63) is 29.2 Å². The summed E-state index contributed by atoms with van der Waals surface area (Å²) in [5.74, 6) is 0.598. The quantitative estimate of drug-likeness (QED) is 0.776. The molecule has 0 amide bonds. The summed E-state index contributed by atoms with van der Waals surface area (Å²) in [7, 11) is 0. The van der Waals surface area contributed by atoms with Crippen LogP contribution in [0.25, 0.3) is 11.6 Å². The van der Waals surface area contributed by atoms with E-state index in [-0.39, 0.29) is 0 Å². The van der Waals surface area contributed by atoms with Crippen LogP contribution < -0.4 is 5.73 Å². The Balaban J connectivity index is 2.37. The van der Waals surface area contributed by atoms with E-state index in [9.17, 15) is 0 Å². The van der Waals surface area contributed by atoms with E-state index < -0.39 is 0 Å². The Morgan fingerprint density at radius 2 is 2.47 bits per heavy atom. The molecule has 74 valence electrons. The second kappa shape index (κ2) is 3.94. The van der Waals surface area contributed by atoms with Gasteiger partial charge in [0.1, 0.15) is 11.8 Å². The Labute approximate surface area is 89.5 Å². The molecule has 0 saturated carbocycles. The fourth-order valence-electron chi connectivity index (χ4n) is 1.00. The summed E-state index contributed by atoms with van der Waals surface area (Å²) in [6.07, 6.45) is 3.13. The number of rotatable bonds is 2. The lowest BCUT2D eigenvalue weighted by molar-refractivity contribution is 0.557. The molecule has 15 heavy (non-hydrogen) atoms. The smallest absolute Gasteiger partial charge is 0.203 e. The second-order valence-corrected chi connectivity index (χ2v) is 3.64. The minimum absolute atomic E-state index is 0.339. The topological polar surface area (TPSA) is 88.7 Å². The van der Waals surface area contributed by atoms with E-state index in [0.717, 1.165) is 0 Å². The van der Waals surface area contributed by atoms with Gasteiger partial charge in [-0.3, -0.25) is 0 Å². The van der Waals surface area contributed by atoms with Crippen LogP contribution in [0.1, 0.15) is 10.8 Å². The van der Waals surface area contributed by atoms with Gasteiger partial charge >= 0.3 is 0 Å². The molecule has 2 N–H and O–H groups in total. The number of nitriles is 1. The average molecular weight is 218 g/mol. The zero-order chi connectivity index (χ0) is 10.7. The number of hydrogen-bond donors (Lipinski definition) is 1. The van der Waals surface area contributed by atoms with Crippen LogP contribution >= 0.6 is 11.3 Å². The third kappa shape index (κ3) is 2.03. The standard InChI is InChI=1S/C9H6N4OS/c10-5-6(4-7-2-1-3-14-7)8-12-13-9(11)15-8/h1-4H,(H2,11,13). The van der Waals surface area contributed by atoms with Gasteiger partial charge in [0, 0.05) is 6.08 Å². The van der Waals surface area contributed by atoms with E-state index in [2.05, 4.69) is 10.2 Å². The molecule has 0 aromatic carbocycles. The van der Waals surface area contributed by atoms with Gasteiger partial charge in [0.2, 0.25) is 5.13 Å². The van der Waals surface area contributed by atoms with Crippen LogP contribution in [-0.2, 0) is 0 Å². The number of aromatic nitrogens is 2. The summed E-state index contributed by atoms with van der Waals surface area (Å²) >= 11 is 1.17. The van der Waals surface area contributed by atoms with Crippen molar-refractivity contribution in [1.29, 1.82) is 5.26 Å². The molecule has 2 heterocycles. The van der Waals surface area contributed by atoms with Gasteiger partial charge in [0.05, 0.1) is 11.8 Å². The van der Waals surface area contributed by atoms with Gasteiger partial charge in [0.25, 0.3) is 0 Å². The Morgan fingerprint density at radius 1 is 1.60 bits per heavy atom. The number of nitrogens with zero attached hydrogens (tertiary/aromatic N) is 3.